The van der Waals surface area contributed by atoms with Gasteiger partial charge in [0.15, 0.2) is 0 Å². The van der Waals surface area contributed by atoms with E-state index >= 15 is 0 Å². The molecule has 24 heavy (non-hydrogen) atoms. The number of hydrogen-bond donors (Lipinski definition) is 2. The maximum atomic E-state index is 12.5. The van der Waals surface area contributed by atoms with E-state index < -0.39 is 22.8 Å². The average molecular weight is 336 g/mol. The fourth-order valence-electron chi connectivity index (χ4n) is 6.59. The molecule has 3 aliphatic carbocycles. The first kappa shape index (κ1) is 17.8. The molecular weight excluding hydrogens is 304 g/mol. The Balaban J connectivity index is 2.13. The molecule has 0 saturated heterocycles. The summed E-state index contributed by atoms with van der Waals surface area (Å²) < 4.78 is 0. The van der Waals surface area contributed by atoms with Crippen LogP contribution in [0.2, 0.25) is 0 Å². The highest BCUT2D eigenvalue weighted by molar-refractivity contribution is 5.89. The molecule has 3 fully saturated rings. The molecule has 3 rings (SSSR count). The van der Waals surface area contributed by atoms with E-state index in [1.165, 1.54) is 0 Å². The van der Waals surface area contributed by atoms with E-state index in [0.29, 0.717) is 25.2 Å². The minimum Gasteiger partial charge on any atom is -0.481 e. The topological polar surface area (TPSA) is 74.6 Å². The fraction of sp³-hybridized carbons (Fsp3) is 0.900. The van der Waals surface area contributed by atoms with Gasteiger partial charge < -0.3 is 10.2 Å². The average Bonchev–Trinajstić information content (AvgIpc) is 3.04. The number of carbonyl (C=O) groups is 2. The second kappa shape index (κ2) is 4.76. The van der Waals surface area contributed by atoms with E-state index in [4.69, 9.17) is 0 Å². The highest BCUT2D eigenvalue weighted by Crippen LogP contribution is 2.77. The quantitative estimate of drug-likeness (QED) is 0.789. The van der Waals surface area contributed by atoms with E-state index in [0.717, 1.165) is 6.42 Å². The maximum absolute atomic E-state index is 12.5. The molecular formula is C20H32O4. The third-order valence-corrected chi connectivity index (χ3v) is 7.91. The molecule has 136 valence electrons. The Kier molecular flexibility index (Phi) is 3.52. The molecule has 3 saturated carbocycles. The summed E-state index contributed by atoms with van der Waals surface area (Å²) in [6.07, 6.45) is 2.46. The summed E-state index contributed by atoms with van der Waals surface area (Å²) in [5.41, 5.74) is -2.11. The van der Waals surface area contributed by atoms with E-state index in [-0.39, 0.29) is 28.6 Å². The predicted octanol–water partition coefficient (Wildman–Crippen LogP) is 4.29. The van der Waals surface area contributed by atoms with Gasteiger partial charge in [0.2, 0.25) is 0 Å². The van der Waals surface area contributed by atoms with Crippen molar-refractivity contribution in [3.05, 3.63) is 0 Å². The van der Waals surface area contributed by atoms with Crippen molar-refractivity contribution in [3.8, 4) is 0 Å². The smallest absolute Gasteiger partial charge is 0.311 e. The molecule has 6 unspecified atom stereocenters. The van der Waals surface area contributed by atoms with Crippen molar-refractivity contribution in [2.24, 2.45) is 45.3 Å². The van der Waals surface area contributed by atoms with E-state index in [1.807, 2.05) is 0 Å². The second-order valence-corrected chi connectivity index (χ2v) is 10.8. The van der Waals surface area contributed by atoms with Crippen LogP contribution in [0.5, 0.6) is 0 Å². The number of carboxylic acids is 2. The molecule has 2 bridgehead atoms. The van der Waals surface area contributed by atoms with E-state index in [2.05, 4.69) is 41.5 Å². The van der Waals surface area contributed by atoms with Crippen LogP contribution in [0.15, 0.2) is 0 Å². The molecule has 6 atom stereocenters. The van der Waals surface area contributed by atoms with Crippen molar-refractivity contribution >= 4 is 11.9 Å². The van der Waals surface area contributed by atoms with Crippen molar-refractivity contribution in [2.75, 3.05) is 0 Å². The van der Waals surface area contributed by atoms with E-state index in [9.17, 15) is 19.8 Å². The van der Waals surface area contributed by atoms with Crippen LogP contribution >= 0.6 is 0 Å². The van der Waals surface area contributed by atoms with Gasteiger partial charge in [0, 0.05) is 0 Å². The lowest BCUT2D eigenvalue weighted by atomic mass is 9.54. The summed E-state index contributed by atoms with van der Waals surface area (Å²) in [4.78, 5) is 24.9. The van der Waals surface area contributed by atoms with Gasteiger partial charge in [-0.15, -0.1) is 0 Å². The van der Waals surface area contributed by atoms with Crippen molar-refractivity contribution in [1.82, 2.24) is 0 Å². The number of aliphatic carboxylic acids is 2. The van der Waals surface area contributed by atoms with Gasteiger partial charge in [-0.2, -0.15) is 0 Å². The summed E-state index contributed by atoms with van der Waals surface area (Å²) in [6.45, 7) is 13.0. The van der Waals surface area contributed by atoms with Crippen LogP contribution in [0, 0.1) is 45.3 Å². The summed E-state index contributed by atoms with van der Waals surface area (Å²) >= 11 is 0. The normalized spacial score (nSPS) is 44.6. The van der Waals surface area contributed by atoms with Crippen molar-refractivity contribution in [3.63, 3.8) is 0 Å². The lowest BCUT2D eigenvalue weighted by molar-refractivity contribution is -0.178. The molecule has 2 N–H and O–H groups in total. The van der Waals surface area contributed by atoms with E-state index in [1.54, 1.807) is 0 Å². The van der Waals surface area contributed by atoms with Crippen LogP contribution in [-0.4, -0.2) is 22.2 Å². The number of hydrogen-bond acceptors (Lipinski definition) is 2. The zero-order chi connectivity index (χ0) is 18.3. The highest BCUT2D eigenvalue weighted by atomic mass is 16.4. The number of rotatable bonds is 2. The molecule has 0 heterocycles. The van der Waals surface area contributed by atoms with Gasteiger partial charge in [-0.05, 0) is 60.2 Å². The van der Waals surface area contributed by atoms with Gasteiger partial charge >= 0.3 is 11.9 Å². The Morgan fingerprint density at radius 1 is 0.875 bits per heavy atom. The van der Waals surface area contributed by atoms with Crippen molar-refractivity contribution in [1.29, 1.82) is 0 Å². The SMILES string of the molecule is CC(C)(C)C1CC2C3CC(C(=O)O)(CC3C(C)(C)C)C2(C(=O)O)C1. The van der Waals surface area contributed by atoms with Gasteiger partial charge in [-0.3, -0.25) is 9.59 Å². The summed E-state index contributed by atoms with van der Waals surface area (Å²) in [6, 6.07) is 0. The first-order chi connectivity index (χ1) is 10.8. The van der Waals surface area contributed by atoms with Crippen LogP contribution in [0.1, 0.15) is 67.2 Å². The van der Waals surface area contributed by atoms with Crippen molar-refractivity contribution in [2.45, 2.75) is 67.2 Å². The fourth-order valence-corrected chi connectivity index (χ4v) is 6.59. The van der Waals surface area contributed by atoms with Crippen LogP contribution < -0.4 is 0 Å². The zero-order valence-electron chi connectivity index (χ0n) is 15.8. The zero-order valence-corrected chi connectivity index (χ0v) is 15.8. The van der Waals surface area contributed by atoms with Crippen LogP contribution in [0.25, 0.3) is 0 Å². The monoisotopic (exact) mass is 336 g/mol. The first-order valence-electron chi connectivity index (χ1n) is 9.24. The van der Waals surface area contributed by atoms with Gasteiger partial charge in [-0.25, -0.2) is 0 Å². The van der Waals surface area contributed by atoms with Crippen LogP contribution in [-0.2, 0) is 9.59 Å². The third-order valence-electron chi connectivity index (χ3n) is 7.91. The Bertz CT molecular complexity index is 581. The summed E-state index contributed by atoms with van der Waals surface area (Å²) in [5.74, 6) is -0.934. The van der Waals surface area contributed by atoms with Gasteiger partial charge in [-0.1, -0.05) is 41.5 Å². The molecule has 4 heteroatoms. The van der Waals surface area contributed by atoms with Crippen LogP contribution in [0.3, 0.4) is 0 Å². The molecule has 0 amide bonds. The Morgan fingerprint density at radius 3 is 1.88 bits per heavy atom. The lowest BCUT2D eigenvalue weighted by Crippen LogP contribution is -2.53. The minimum atomic E-state index is -1.08. The number of carboxylic acid groups (broad SMARTS) is 2. The standard InChI is InChI=1S/C20H32O4/c1-17(2,3)11-7-13-12-9-19(15(21)22,10-14(12)18(4,5)6)20(13,8-11)16(23)24/h11-14H,7-10H2,1-6H3,(H,21,22)(H,23,24). The second-order valence-electron chi connectivity index (χ2n) is 10.8. The number of fused-ring (bicyclic) bond motifs is 5. The molecule has 0 aromatic carbocycles. The largest absolute Gasteiger partial charge is 0.481 e. The van der Waals surface area contributed by atoms with Crippen LogP contribution in [0.4, 0.5) is 0 Å². The minimum absolute atomic E-state index is 0.00769. The highest BCUT2D eigenvalue weighted by Gasteiger charge is 2.79. The third kappa shape index (κ3) is 1.97. The predicted molar refractivity (Wildman–Crippen MR) is 91.5 cm³/mol. The molecule has 0 radical (unpaired) electrons. The maximum Gasteiger partial charge on any atom is 0.311 e. The Hall–Kier alpha value is -1.06. The summed E-state index contributed by atoms with van der Waals surface area (Å²) in [7, 11) is 0. The summed E-state index contributed by atoms with van der Waals surface area (Å²) in [5, 5.41) is 20.4. The molecule has 0 spiro atoms. The molecule has 4 nitrogen and oxygen atoms in total. The molecule has 0 aromatic rings. The molecule has 3 aliphatic rings. The first-order valence-corrected chi connectivity index (χ1v) is 9.24. The Labute approximate surface area is 145 Å². The van der Waals surface area contributed by atoms with Gasteiger partial charge in [0.05, 0.1) is 10.8 Å². The Morgan fingerprint density at radius 2 is 1.46 bits per heavy atom. The lowest BCUT2D eigenvalue weighted by Gasteiger charge is -2.47. The van der Waals surface area contributed by atoms with Gasteiger partial charge in [0.1, 0.15) is 0 Å². The van der Waals surface area contributed by atoms with Gasteiger partial charge in [0.25, 0.3) is 0 Å². The van der Waals surface area contributed by atoms with Crippen molar-refractivity contribution < 1.29 is 19.8 Å². The molecule has 0 aliphatic heterocycles. The molecule has 0 aromatic heterocycles.